The molecule has 4 rings (SSSR count). The monoisotopic (exact) mass is 375 g/mol. The number of rotatable bonds is 6. The average molecular weight is 376 g/mol. The predicted molar refractivity (Wildman–Crippen MR) is 106 cm³/mol. The first-order chi connectivity index (χ1) is 12.8. The summed E-state index contributed by atoms with van der Waals surface area (Å²) in [4.78, 5) is 20.1. The number of aryl methyl sites for hydroxylation is 1. The molecule has 6 heteroatoms. The summed E-state index contributed by atoms with van der Waals surface area (Å²) >= 11 is 1.72. The van der Waals surface area contributed by atoms with Gasteiger partial charge in [-0.05, 0) is 43.6 Å². The van der Waals surface area contributed by atoms with E-state index >= 15 is 0 Å². The van der Waals surface area contributed by atoms with E-state index in [1.807, 2.05) is 4.57 Å². The van der Waals surface area contributed by atoms with E-state index in [4.69, 9.17) is 4.74 Å². The van der Waals surface area contributed by atoms with Crippen molar-refractivity contribution in [3.05, 3.63) is 27.1 Å². The van der Waals surface area contributed by atoms with Gasteiger partial charge < -0.3 is 10.1 Å². The molecule has 5 nitrogen and oxygen atoms in total. The lowest BCUT2D eigenvalue weighted by Crippen LogP contribution is -2.36. The van der Waals surface area contributed by atoms with Crippen molar-refractivity contribution in [2.75, 3.05) is 20.3 Å². The van der Waals surface area contributed by atoms with Gasteiger partial charge in [0, 0.05) is 31.1 Å². The zero-order valence-corrected chi connectivity index (χ0v) is 16.4. The highest BCUT2D eigenvalue weighted by atomic mass is 32.1. The number of nitrogens with zero attached hydrogens (tertiary/aromatic N) is 2. The minimum Gasteiger partial charge on any atom is -0.383 e. The van der Waals surface area contributed by atoms with Crippen molar-refractivity contribution in [1.82, 2.24) is 14.9 Å². The minimum atomic E-state index is 0.184. The molecule has 2 aromatic rings. The van der Waals surface area contributed by atoms with E-state index < -0.39 is 0 Å². The van der Waals surface area contributed by atoms with E-state index in [2.05, 4.69) is 10.3 Å². The summed E-state index contributed by atoms with van der Waals surface area (Å²) in [5.41, 5.74) is 1.45. The lowest BCUT2D eigenvalue weighted by Gasteiger charge is -2.23. The van der Waals surface area contributed by atoms with Crippen LogP contribution in [0.1, 0.15) is 49.0 Å². The van der Waals surface area contributed by atoms with Gasteiger partial charge >= 0.3 is 0 Å². The van der Waals surface area contributed by atoms with Crippen LogP contribution in [0.5, 0.6) is 0 Å². The first kappa shape index (κ1) is 18.1. The summed E-state index contributed by atoms with van der Waals surface area (Å²) < 4.78 is 7.01. The molecule has 1 atom stereocenters. The largest absolute Gasteiger partial charge is 0.383 e. The van der Waals surface area contributed by atoms with E-state index in [0.717, 1.165) is 49.2 Å². The smallest absolute Gasteiger partial charge is 0.262 e. The number of hydrogen-bond acceptors (Lipinski definition) is 5. The summed E-state index contributed by atoms with van der Waals surface area (Å²) in [6.45, 7) is 2.46. The van der Waals surface area contributed by atoms with Gasteiger partial charge in [-0.2, -0.15) is 0 Å². The first-order valence-electron chi connectivity index (χ1n) is 9.98. The highest BCUT2D eigenvalue weighted by Gasteiger charge is 2.25. The molecule has 2 aliphatic rings. The Hall–Kier alpha value is -1.24. The van der Waals surface area contributed by atoms with Crippen LogP contribution in [0.15, 0.2) is 11.1 Å². The molecule has 26 heavy (non-hydrogen) atoms. The lowest BCUT2D eigenvalue weighted by molar-refractivity contribution is 0.194. The van der Waals surface area contributed by atoms with Crippen molar-refractivity contribution in [2.45, 2.75) is 64.0 Å². The van der Waals surface area contributed by atoms with Crippen LogP contribution in [0.4, 0.5) is 0 Å². The summed E-state index contributed by atoms with van der Waals surface area (Å²) in [6, 6.07) is 0.482. The Bertz CT molecular complexity index is 807. The van der Waals surface area contributed by atoms with Gasteiger partial charge in [-0.15, -0.1) is 11.3 Å². The Labute approximate surface area is 158 Å². The van der Waals surface area contributed by atoms with E-state index in [0.29, 0.717) is 12.0 Å². The normalized spacial score (nSPS) is 21.2. The van der Waals surface area contributed by atoms with Crippen molar-refractivity contribution in [2.24, 2.45) is 5.92 Å². The van der Waals surface area contributed by atoms with E-state index in [-0.39, 0.29) is 5.56 Å². The summed E-state index contributed by atoms with van der Waals surface area (Å²) in [5, 5.41) is 4.47. The van der Waals surface area contributed by atoms with Crippen LogP contribution >= 0.6 is 11.3 Å². The summed E-state index contributed by atoms with van der Waals surface area (Å²) in [7, 11) is 1.73. The Balaban J connectivity index is 1.55. The molecular weight excluding hydrogens is 346 g/mol. The number of thiophene rings is 1. The molecule has 0 aromatic carbocycles. The quantitative estimate of drug-likeness (QED) is 0.788. The Morgan fingerprint density at radius 2 is 2.15 bits per heavy atom. The van der Waals surface area contributed by atoms with Crippen molar-refractivity contribution >= 4 is 21.6 Å². The van der Waals surface area contributed by atoms with Gasteiger partial charge in [0.1, 0.15) is 4.83 Å². The maximum absolute atomic E-state index is 13.1. The van der Waals surface area contributed by atoms with Gasteiger partial charge in [0.15, 0.2) is 0 Å². The number of ether oxygens (including phenoxy) is 1. The van der Waals surface area contributed by atoms with Gasteiger partial charge in [-0.3, -0.25) is 9.36 Å². The molecule has 2 aliphatic carbocycles. The summed E-state index contributed by atoms with van der Waals surface area (Å²) in [5.74, 6) is 0.643. The van der Waals surface area contributed by atoms with Crippen LogP contribution in [0.2, 0.25) is 0 Å². The number of aromatic nitrogens is 2. The zero-order chi connectivity index (χ0) is 17.9. The van der Waals surface area contributed by atoms with Crippen molar-refractivity contribution in [3.8, 4) is 0 Å². The number of hydrogen-bond donors (Lipinski definition) is 1. The van der Waals surface area contributed by atoms with Crippen molar-refractivity contribution < 1.29 is 4.74 Å². The van der Waals surface area contributed by atoms with Gasteiger partial charge in [0.05, 0.1) is 18.3 Å². The standard InChI is InChI=1S/C20H29N3O2S/c1-25-10-9-21-15-7-8-16-17(11-15)26-19-18(16)20(24)23(13-22-19)12-14-5-3-2-4-6-14/h13-15,21H,2-12H2,1H3. The minimum absolute atomic E-state index is 0.184. The van der Waals surface area contributed by atoms with E-state index in [9.17, 15) is 4.79 Å². The third-order valence-electron chi connectivity index (χ3n) is 5.95. The number of nitrogens with one attached hydrogen (secondary N) is 1. The Morgan fingerprint density at radius 1 is 1.31 bits per heavy atom. The van der Waals surface area contributed by atoms with Crippen LogP contribution in [-0.4, -0.2) is 35.9 Å². The highest BCUT2D eigenvalue weighted by Crippen LogP contribution is 2.34. The fourth-order valence-electron chi connectivity index (χ4n) is 4.52. The molecular formula is C20H29N3O2S. The van der Waals surface area contributed by atoms with Crippen LogP contribution in [0.25, 0.3) is 10.2 Å². The second kappa shape index (κ2) is 8.19. The van der Waals surface area contributed by atoms with Crippen molar-refractivity contribution in [1.29, 1.82) is 0 Å². The van der Waals surface area contributed by atoms with Crippen LogP contribution in [-0.2, 0) is 24.1 Å². The molecule has 0 aliphatic heterocycles. The molecule has 0 radical (unpaired) electrons. The molecule has 0 amide bonds. The maximum Gasteiger partial charge on any atom is 0.262 e. The van der Waals surface area contributed by atoms with E-state index in [1.54, 1.807) is 24.8 Å². The molecule has 1 N–H and O–H groups in total. The first-order valence-corrected chi connectivity index (χ1v) is 10.8. The number of fused-ring (bicyclic) bond motifs is 3. The zero-order valence-electron chi connectivity index (χ0n) is 15.6. The second-order valence-electron chi connectivity index (χ2n) is 7.78. The third-order valence-corrected chi connectivity index (χ3v) is 7.12. The fraction of sp³-hybridized carbons (Fsp3) is 0.700. The van der Waals surface area contributed by atoms with Crippen LogP contribution in [0, 0.1) is 5.92 Å². The molecule has 0 saturated heterocycles. The summed E-state index contributed by atoms with van der Waals surface area (Å²) in [6.07, 6.45) is 11.3. The lowest BCUT2D eigenvalue weighted by atomic mass is 9.89. The van der Waals surface area contributed by atoms with Gasteiger partial charge in [-0.25, -0.2) is 4.98 Å². The highest BCUT2D eigenvalue weighted by molar-refractivity contribution is 7.18. The van der Waals surface area contributed by atoms with Gasteiger partial charge in [-0.1, -0.05) is 19.3 Å². The van der Waals surface area contributed by atoms with Crippen molar-refractivity contribution in [3.63, 3.8) is 0 Å². The number of methoxy groups -OCH3 is 1. The third kappa shape index (κ3) is 3.73. The van der Waals surface area contributed by atoms with Crippen LogP contribution in [0.3, 0.4) is 0 Å². The molecule has 2 heterocycles. The average Bonchev–Trinajstić information content (AvgIpc) is 3.03. The Kier molecular flexibility index (Phi) is 5.72. The van der Waals surface area contributed by atoms with Gasteiger partial charge in [0.25, 0.3) is 5.56 Å². The molecule has 1 unspecified atom stereocenters. The molecule has 142 valence electrons. The molecule has 0 bridgehead atoms. The SMILES string of the molecule is COCCNC1CCc2c(sc3ncn(CC4CCCCC4)c(=O)c23)C1. The topological polar surface area (TPSA) is 56.1 Å². The second-order valence-corrected chi connectivity index (χ2v) is 8.86. The molecule has 1 fully saturated rings. The molecule has 1 saturated carbocycles. The van der Waals surface area contributed by atoms with E-state index in [1.165, 1.54) is 42.5 Å². The molecule has 0 spiro atoms. The predicted octanol–water partition coefficient (Wildman–Crippen LogP) is 3.13. The van der Waals surface area contributed by atoms with Gasteiger partial charge in [0.2, 0.25) is 0 Å². The Morgan fingerprint density at radius 3 is 2.96 bits per heavy atom. The van der Waals surface area contributed by atoms with Crippen LogP contribution < -0.4 is 10.9 Å². The molecule has 2 aromatic heterocycles. The fourth-order valence-corrected chi connectivity index (χ4v) is 5.78. The maximum atomic E-state index is 13.1.